The summed E-state index contributed by atoms with van der Waals surface area (Å²) in [4.78, 5) is 2.30. The van der Waals surface area contributed by atoms with Crippen LogP contribution < -0.4 is 4.18 Å². The number of fused-ring (bicyclic) bond motifs is 1. The fourth-order valence-electron chi connectivity index (χ4n) is 2.53. The fraction of sp³-hybridized carbons (Fsp3) is 0.286. The van der Waals surface area contributed by atoms with Gasteiger partial charge in [0.1, 0.15) is 5.75 Å². The predicted molar refractivity (Wildman–Crippen MR) is 75.6 cm³/mol. The van der Waals surface area contributed by atoms with E-state index < -0.39 is 10.5 Å². The number of benzene rings is 1. The molecular weight excluding hydrogens is 295 g/mol. The van der Waals surface area contributed by atoms with E-state index in [1.807, 2.05) is 6.07 Å². The lowest BCUT2D eigenvalue weighted by Gasteiger charge is -2.28. The van der Waals surface area contributed by atoms with E-state index in [9.17, 15) is 12.3 Å². The SMILES string of the molecule is O=S(=O)(F)Oc1ccc(CN2CCn3cccc3C2)cc1. The van der Waals surface area contributed by atoms with E-state index in [-0.39, 0.29) is 5.75 Å². The number of hydrogen-bond acceptors (Lipinski definition) is 4. The Morgan fingerprint density at radius 1 is 1.14 bits per heavy atom. The monoisotopic (exact) mass is 310 g/mol. The van der Waals surface area contributed by atoms with Crippen molar-refractivity contribution >= 4 is 10.5 Å². The molecule has 5 nitrogen and oxygen atoms in total. The van der Waals surface area contributed by atoms with Gasteiger partial charge in [-0.2, -0.15) is 8.42 Å². The quantitative estimate of drug-likeness (QED) is 0.812. The van der Waals surface area contributed by atoms with Crippen LogP contribution in [0.3, 0.4) is 0 Å². The van der Waals surface area contributed by atoms with E-state index in [4.69, 9.17) is 0 Å². The zero-order chi connectivity index (χ0) is 14.9. The summed E-state index contributed by atoms with van der Waals surface area (Å²) in [6.07, 6.45) is 2.08. The van der Waals surface area contributed by atoms with Crippen LogP contribution in [-0.2, 0) is 30.1 Å². The van der Waals surface area contributed by atoms with E-state index in [1.165, 1.54) is 17.8 Å². The van der Waals surface area contributed by atoms with Gasteiger partial charge in [-0.3, -0.25) is 4.90 Å². The van der Waals surface area contributed by atoms with Gasteiger partial charge in [-0.25, -0.2) is 0 Å². The van der Waals surface area contributed by atoms with E-state index in [0.717, 1.165) is 31.7 Å². The number of aromatic nitrogens is 1. The number of hydrogen-bond donors (Lipinski definition) is 0. The normalized spacial score (nSPS) is 15.7. The van der Waals surface area contributed by atoms with Crippen LogP contribution in [0.25, 0.3) is 0 Å². The van der Waals surface area contributed by atoms with E-state index in [2.05, 4.69) is 25.9 Å². The van der Waals surface area contributed by atoms with E-state index >= 15 is 0 Å². The fourth-order valence-corrected chi connectivity index (χ4v) is 2.87. The summed E-state index contributed by atoms with van der Waals surface area (Å²) in [7, 11) is -4.96. The molecule has 1 aromatic carbocycles. The largest absolute Gasteiger partial charge is 0.488 e. The minimum absolute atomic E-state index is 0.0197. The first-order valence-electron chi connectivity index (χ1n) is 6.59. The standard InChI is InChI=1S/C14H15FN2O3S/c15-21(18,19)20-14-5-3-12(4-6-14)10-16-8-9-17-7-1-2-13(17)11-16/h1-7H,8-11H2. The second-order valence-corrected chi connectivity index (χ2v) is 5.98. The van der Waals surface area contributed by atoms with Gasteiger partial charge in [-0.15, -0.1) is 0 Å². The summed E-state index contributed by atoms with van der Waals surface area (Å²) in [6.45, 7) is 3.56. The van der Waals surface area contributed by atoms with Crippen molar-refractivity contribution in [2.24, 2.45) is 0 Å². The van der Waals surface area contributed by atoms with Crippen LogP contribution in [-0.4, -0.2) is 24.4 Å². The average molecular weight is 310 g/mol. The molecule has 0 radical (unpaired) electrons. The Bertz CT molecular complexity index is 725. The van der Waals surface area contributed by atoms with Crippen molar-refractivity contribution in [2.45, 2.75) is 19.6 Å². The molecule has 0 spiro atoms. The lowest BCUT2D eigenvalue weighted by molar-refractivity contribution is 0.213. The molecule has 0 N–H and O–H groups in total. The van der Waals surface area contributed by atoms with Gasteiger partial charge in [0.2, 0.25) is 0 Å². The first kappa shape index (κ1) is 14.1. The molecule has 3 rings (SSSR count). The topological polar surface area (TPSA) is 51.5 Å². The molecule has 0 atom stereocenters. The molecule has 0 saturated heterocycles. The molecule has 0 bridgehead atoms. The van der Waals surface area contributed by atoms with E-state index in [0.29, 0.717) is 0 Å². The highest BCUT2D eigenvalue weighted by Crippen LogP contribution is 2.19. The lowest BCUT2D eigenvalue weighted by atomic mass is 10.2. The Morgan fingerprint density at radius 3 is 2.62 bits per heavy atom. The van der Waals surface area contributed by atoms with Crippen LogP contribution in [0.1, 0.15) is 11.3 Å². The number of halogens is 1. The molecular formula is C14H15FN2O3S. The molecule has 1 aliphatic heterocycles. The Kier molecular flexibility index (Phi) is 3.69. The van der Waals surface area contributed by atoms with Gasteiger partial charge in [0.25, 0.3) is 0 Å². The highest BCUT2D eigenvalue weighted by Gasteiger charge is 2.15. The maximum Gasteiger partial charge on any atom is 0.488 e. The molecule has 1 aliphatic rings. The van der Waals surface area contributed by atoms with Gasteiger partial charge in [0.05, 0.1) is 0 Å². The van der Waals surface area contributed by atoms with Crippen molar-refractivity contribution in [1.82, 2.24) is 9.47 Å². The Labute approximate surface area is 123 Å². The van der Waals surface area contributed by atoms with Crippen LogP contribution in [0.4, 0.5) is 3.89 Å². The summed E-state index contributed by atoms with van der Waals surface area (Å²) >= 11 is 0. The number of nitrogens with zero attached hydrogens (tertiary/aromatic N) is 2. The van der Waals surface area contributed by atoms with Crippen LogP contribution >= 0.6 is 0 Å². The van der Waals surface area contributed by atoms with Gasteiger partial charge in [0.15, 0.2) is 0 Å². The molecule has 2 heterocycles. The van der Waals surface area contributed by atoms with Gasteiger partial charge >= 0.3 is 10.5 Å². The second kappa shape index (κ2) is 5.50. The van der Waals surface area contributed by atoms with Crippen LogP contribution in [0.5, 0.6) is 5.75 Å². The Balaban J connectivity index is 1.64. The molecule has 0 saturated carbocycles. The van der Waals surface area contributed by atoms with Crippen molar-refractivity contribution < 1.29 is 16.5 Å². The molecule has 21 heavy (non-hydrogen) atoms. The first-order valence-corrected chi connectivity index (χ1v) is 7.90. The molecule has 0 amide bonds. The minimum atomic E-state index is -4.96. The van der Waals surface area contributed by atoms with Gasteiger partial charge in [0, 0.05) is 38.1 Å². The molecule has 112 valence electrons. The van der Waals surface area contributed by atoms with Crippen molar-refractivity contribution in [3.8, 4) is 5.75 Å². The summed E-state index contributed by atoms with van der Waals surface area (Å²) in [5.74, 6) is -0.0197. The summed E-state index contributed by atoms with van der Waals surface area (Å²) < 4.78 is 39.6. The molecule has 1 aromatic heterocycles. The Hall–Kier alpha value is -1.86. The van der Waals surface area contributed by atoms with E-state index in [1.54, 1.807) is 12.1 Å². The molecule has 0 unspecified atom stereocenters. The third kappa shape index (κ3) is 3.62. The smallest absolute Gasteiger partial charge is 0.358 e. The van der Waals surface area contributed by atoms with Crippen molar-refractivity contribution in [2.75, 3.05) is 6.54 Å². The zero-order valence-electron chi connectivity index (χ0n) is 11.3. The van der Waals surface area contributed by atoms with Gasteiger partial charge < -0.3 is 8.75 Å². The highest BCUT2D eigenvalue weighted by atomic mass is 32.3. The van der Waals surface area contributed by atoms with Gasteiger partial charge in [-0.05, 0) is 29.8 Å². The number of rotatable bonds is 4. The van der Waals surface area contributed by atoms with Crippen molar-refractivity contribution in [3.63, 3.8) is 0 Å². The second-order valence-electron chi connectivity index (χ2n) is 5.02. The van der Waals surface area contributed by atoms with Crippen LogP contribution in [0.2, 0.25) is 0 Å². The van der Waals surface area contributed by atoms with Crippen molar-refractivity contribution in [1.29, 1.82) is 0 Å². The molecule has 0 fully saturated rings. The zero-order valence-corrected chi connectivity index (χ0v) is 12.1. The van der Waals surface area contributed by atoms with Crippen molar-refractivity contribution in [3.05, 3.63) is 53.9 Å². The summed E-state index contributed by atoms with van der Waals surface area (Å²) in [5.41, 5.74) is 2.31. The maximum absolute atomic E-state index is 12.4. The Morgan fingerprint density at radius 2 is 1.90 bits per heavy atom. The van der Waals surface area contributed by atoms with Crippen LogP contribution in [0, 0.1) is 0 Å². The molecule has 0 aliphatic carbocycles. The predicted octanol–water partition coefficient (Wildman–Crippen LogP) is 2.10. The molecule has 7 heteroatoms. The summed E-state index contributed by atoms with van der Waals surface area (Å²) in [5, 5.41) is 0. The third-order valence-electron chi connectivity index (χ3n) is 3.49. The molecule has 2 aromatic rings. The minimum Gasteiger partial charge on any atom is -0.358 e. The highest BCUT2D eigenvalue weighted by molar-refractivity contribution is 7.81. The van der Waals surface area contributed by atoms with Gasteiger partial charge in [-0.1, -0.05) is 16.0 Å². The maximum atomic E-state index is 12.4. The lowest BCUT2D eigenvalue weighted by Crippen LogP contribution is -2.32. The summed E-state index contributed by atoms with van der Waals surface area (Å²) in [6, 6.07) is 10.6. The van der Waals surface area contributed by atoms with Crippen LogP contribution in [0.15, 0.2) is 42.6 Å². The third-order valence-corrected chi connectivity index (χ3v) is 3.88. The average Bonchev–Trinajstić information content (AvgIpc) is 2.87. The first-order chi connectivity index (χ1) is 9.99.